The summed E-state index contributed by atoms with van der Waals surface area (Å²) in [6.45, 7) is 12.9. The average Bonchev–Trinajstić information content (AvgIpc) is 3.52. The second kappa shape index (κ2) is 12.3. The summed E-state index contributed by atoms with van der Waals surface area (Å²) in [4.78, 5) is 21.5. The molecule has 6 rings (SSSR count). The van der Waals surface area contributed by atoms with E-state index in [0.29, 0.717) is 32.3 Å². The van der Waals surface area contributed by atoms with Crippen molar-refractivity contribution in [2.75, 3.05) is 13.2 Å². The normalized spacial score (nSPS) is 18.7. The van der Waals surface area contributed by atoms with Crippen LogP contribution in [0.3, 0.4) is 0 Å². The summed E-state index contributed by atoms with van der Waals surface area (Å²) in [5, 5.41) is 9.96. The molecule has 2 aliphatic rings. The highest BCUT2D eigenvalue weighted by atomic mass is 16.7. The predicted molar refractivity (Wildman–Crippen MR) is 172 cm³/mol. The third-order valence-corrected chi connectivity index (χ3v) is 8.93. The Kier molecular flexibility index (Phi) is 8.37. The van der Waals surface area contributed by atoms with Crippen LogP contribution in [0.1, 0.15) is 66.8 Å². The zero-order chi connectivity index (χ0) is 31.9. The molecule has 2 unspecified atom stereocenters. The Bertz CT molecular complexity index is 1730. The summed E-state index contributed by atoms with van der Waals surface area (Å²) in [5.41, 5.74) is 10.1. The number of fused-ring (bicyclic) bond motifs is 3. The largest absolute Gasteiger partial charge is 0.489 e. The minimum atomic E-state index is -0.767. The number of aliphatic carboxylic acids is 1. The minimum absolute atomic E-state index is 0.164. The lowest BCUT2D eigenvalue weighted by atomic mass is 9.82. The van der Waals surface area contributed by atoms with Gasteiger partial charge in [-0.2, -0.15) is 9.97 Å². The van der Waals surface area contributed by atoms with E-state index in [1.54, 1.807) is 0 Å². The molecule has 234 valence electrons. The number of hydrogen-bond donors (Lipinski definition) is 1. The van der Waals surface area contributed by atoms with Gasteiger partial charge in [0.25, 0.3) is 0 Å². The molecule has 1 aliphatic heterocycles. The van der Waals surface area contributed by atoms with Crippen LogP contribution in [-0.2, 0) is 20.9 Å². The number of ether oxygens (including phenoxy) is 4. The van der Waals surface area contributed by atoms with Crippen LogP contribution in [0.4, 0.5) is 0 Å². The van der Waals surface area contributed by atoms with E-state index in [1.165, 1.54) is 0 Å². The molecule has 4 aromatic rings. The number of aromatic nitrogens is 2. The predicted octanol–water partition coefficient (Wildman–Crippen LogP) is 7.40. The van der Waals surface area contributed by atoms with Crippen molar-refractivity contribution in [1.82, 2.24) is 9.97 Å². The van der Waals surface area contributed by atoms with Gasteiger partial charge in [-0.05, 0) is 92.1 Å². The molecule has 1 N–H and O–H groups in total. The average molecular weight is 609 g/mol. The maximum atomic E-state index is 12.1. The van der Waals surface area contributed by atoms with E-state index in [9.17, 15) is 9.90 Å². The molecule has 1 aromatic heterocycles. The minimum Gasteiger partial charge on any atom is -0.489 e. The molecule has 0 saturated carbocycles. The van der Waals surface area contributed by atoms with Gasteiger partial charge in [0.15, 0.2) is 5.79 Å². The van der Waals surface area contributed by atoms with Crippen LogP contribution in [0.25, 0.3) is 22.3 Å². The van der Waals surface area contributed by atoms with Gasteiger partial charge in [0, 0.05) is 11.5 Å². The molecule has 0 amide bonds. The van der Waals surface area contributed by atoms with Gasteiger partial charge in [-0.3, -0.25) is 4.79 Å². The lowest BCUT2D eigenvalue weighted by Gasteiger charge is -2.21. The maximum absolute atomic E-state index is 12.1. The molecule has 3 atom stereocenters. The van der Waals surface area contributed by atoms with Crippen molar-refractivity contribution in [3.8, 4) is 34.0 Å². The molecule has 3 aromatic carbocycles. The number of carbonyl (C=O) groups is 1. The second-order valence-corrected chi connectivity index (χ2v) is 12.4. The van der Waals surface area contributed by atoms with Gasteiger partial charge in [-0.15, -0.1) is 0 Å². The fraction of sp³-hybridized carbons (Fsp3) is 0.378. The third kappa shape index (κ3) is 6.04. The lowest BCUT2D eigenvalue weighted by Crippen LogP contribution is -2.25. The zero-order valence-corrected chi connectivity index (χ0v) is 26.7. The van der Waals surface area contributed by atoms with Gasteiger partial charge in [0.2, 0.25) is 0 Å². The molecular formula is C37H40N2O6. The van der Waals surface area contributed by atoms with Crippen molar-refractivity contribution in [2.45, 2.75) is 72.4 Å². The monoisotopic (exact) mass is 608 g/mol. The SMILES string of the molecule is CCC(C(=O)O)C1c2ccccc2-c2cc(OCc3cccc(-c4c(C)nc(OC[C@H]5COC(C)(C)O5)nc4C)c3C)ccc21. The quantitative estimate of drug-likeness (QED) is 0.199. The van der Waals surface area contributed by atoms with Gasteiger partial charge in [-0.1, -0.05) is 55.5 Å². The van der Waals surface area contributed by atoms with Gasteiger partial charge in [-0.25, -0.2) is 0 Å². The van der Waals surface area contributed by atoms with E-state index in [1.807, 2.05) is 77.1 Å². The molecule has 1 aliphatic carbocycles. The van der Waals surface area contributed by atoms with Gasteiger partial charge in [0.1, 0.15) is 25.1 Å². The molecule has 2 heterocycles. The Balaban J connectivity index is 1.20. The van der Waals surface area contributed by atoms with Crippen molar-refractivity contribution in [3.63, 3.8) is 0 Å². The summed E-state index contributed by atoms with van der Waals surface area (Å²) in [7, 11) is 0. The van der Waals surface area contributed by atoms with Crippen molar-refractivity contribution >= 4 is 5.97 Å². The van der Waals surface area contributed by atoms with E-state index in [0.717, 1.165) is 61.6 Å². The first-order valence-electron chi connectivity index (χ1n) is 15.5. The first-order chi connectivity index (χ1) is 21.6. The van der Waals surface area contributed by atoms with Crippen LogP contribution in [0, 0.1) is 26.7 Å². The van der Waals surface area contributed by atoms with E-state index in [4.69, 9.17) is 18.9 Å². The van der Waals surface area contributed by atoms with E-state index in [2.05, 4.69) is 35.1 Å². The highest BCUT2D eigenvalue weighted by Crippen LogP contribution is 2.50. The molecule has 1 saturated heterocycles. The van der Waals surface area contributed by atoms with Crippen LogP contribution in [-0.4, -0.2) is 46.1 Å². The topological polar surface area (TPSA) is 100 Å². The number of nitrogens with zero attached hydrogens (tertiary/aromatic N) is 2. The van der Waals surface area contributed by atoms with Crippen LogP contribution < -0.4 is 9.47 Å². The Morgan fingerprint density at radius 1 is 0.956 bits per heavy atom. The summed E-state index contributed by atoms with van der Waals surface area (Å²) in [6.07, 6.45) is 0.396. The Labute approximate surface area is 264 Å². The number of carboxylic acids is 1. The number of aryl methyl sites for hydroxylation is 2. The third-order valence-electron chi connectivity index (χ3n) is 8.93. The number of rotatable bonds is 10. The maximum Gasteiger partial charge on any atom is 0.316 e. The highest BCUT2D eigenvalue weighted by molar-refractivity contribution is 5.83. The van der Waals surface area contributed by atoms with Crippen molar-refractivity contribution in [3.05, 3.63) is 94.3 Å². The Morgan fingerprint density at radius 2 is 1.67 bits per heavy atom. The summed E-state index contributed by atoms with van der Waals surface area (Å²) in [6, 6.07) is 20.7. The number of hydrogen-bond acceptors (Lipinski definition) is 7. The Morgan fingerprint density at radius 3 is 2.36 bits per heavy atom. The summed E-state index contributed by atoms with van der Waals surface area (Å²) < 4.78 is 23.7. The van der Waals surface area contributed by atoms with Crippen molar-refractivity contribution in [2.24, 2.45) is 5.92 Å². The fourth-order valence-corrected chi connectivity index (χ4v) is 6.72. The highest BCUT2D eigenvalue weighted by Gasteiger charge is 2.37. The Hall–Kier alpha value is -4.27. The smallest absolute Gasteiger partial charge is 0.316 e. The standard InChI is InChI=1S/C37H40N2O6/c1-7-27(35(40)41)34-30-13-9-8-12-29(30)32-17-25(15-16-31(32)34)42-18-24-11-10-14-28(21(24)2)33-22(3)38-36(39-23(33)4)43-19-26-20-44-37(5,6)45-26/h8-17,26-27,34H,7,18-20H2,1-6H3,(H,40,41)/t26-,27?,34?/m0/s1. The van der Waals surface area contributed by atoms with E-state index in [-0.39, 0.29) is 12.0 Å². The molecule has 0 radical (unpaired) electrons. The second-order valence-electron chi connectivity index (χ2n) is 12.4. The zero-order valence-electron chi connectivity index (χ0n) is 26.7. The molecular weight excluding hydrogens is 568 g/mol. The van der Waals surface area contributed by atoms with E-state index >= 15 is 0 Å². The van der Waals surface area contributed by atoms with Crippen LogP contribution in [0.2, 0.25) is 0 Å². The molecule has 0 bridgehead atoms. The first-order valence-corrected chi connectivity index (χ1v) is 15.5. The van der Waals surface area contributed by atoms with E-state index < -0.39 is 17.7 Å². The molecule has 0 spiro atoms. The first kappa shape index (κ1) is 30.7. The van der Waals surface area contributed by atoms with Gasteiger partial charge in [0.05, 0.1) is 23.9 Å². The number of benzene rings is 3. The van der Waals surface area contributed by atoms with Crippen LogP contribution >= 0.6 is 0 Å². The van der Waals surface area contributed by atoms with Crippen LogP contribution in [0.15, 0.2) is 60.7 Å². The van der Waals surface area contributed by atoms with Crippen LogP contribution in [0.5, 0.6) is 11.8 Å². The molecule has 45 heavy (non-hydrogen) atoms. The van der Waals surface area contributed by atoms with Gasteiger partial charge < -0.3 is 24.1 Å². The van der Waals surface area contributed by atoms with Crippen molar-refractivity contribution in [1.29, 1.82) is 0 Å². The summed E-state index contributed by atoms with van der Waals surface area (Å²) in [5.74, 6) is -1.28. The molecule has 8 heteroatoms. The molecule has 1 fully saturated rings. The number of carboxylic acid groups (broad SMARTS) is 1. The van der Waals surface area contributed by atoms with Gasteiger partial charge >= 0.3 is 12.0 Å². The molecule has 8 nitrogen and oxygen atoms in total. The fourth-order valence-electron chi connectivity index (χ4n) is 6.72. The lowest BCUT2D eigenvalue weighted by molar-refractivity contribution is -0.142. The van der Waals surface area contributed by atoms with Crippen molar-refractivity contribution < 1.29 is 28.8 Å². The summed E-state index contributed by atoms with van der Waals surface area (Å²) >= 11 is 0.